The molecule has 0 radical (unpaired) electrons. The first kappa shape index (κ1) is 19.0. The summed E-state index contributed by atoms with van der Waals surface area (Å²) in [6.07, 6.45) is 1.48. The van der Waals surface area contributed by atoms with E-state index in [0.29, 0.717) is 40.7 Å². The Kier molecular flexibility index (Phi) is 5.86. The number of hydrogen-bond donors (Lipinski definition) is 1. The number of benzene rings is 2. The summed E-state index contributed by atoms with van der Waals surface area (Å²) in [4.78, 5) is 26.3. The van der Waals surface area contributed by atoms with Gasteiger partial charge in [-0.15, -0.1) is 0 Å². The summed E-state index contributed by atoms with van der Waals surface area (Å²) in [5, 5.41) is 3.22. The van der Waals surface area contributed by atoms with Crippen molar-refractivity contribution in [1.82, 2.24) is 4.90 Å². The molecule has 1 heterocycles. The maximum absolute atomic E-state index is 12.7. The van der Waals surface area contributed by atoms with Gasteiger partial charge in [0.2, 0.25) is 5.91 Å². The van der Waals surface area contributed by atoms with Crippen molar-refractivity contribution in [2.45, 2.75) is 19.4 Å². The molecule has 1 aliphatic heterocycles. The van der Waals surface area contributed by atoms with Gasteiger partial charge < -0.3 is 19.7 Å². The predicted molar refractivity (Wildman–Crippen MR) is 104 cm³/mol. The molecule has 27 heavy (non-hydrogen) atoms. The molecule has 1 fully saturated rings. The minimum atomic E-state index is -0.285. The fourth-order valence-corrected chi connectivity index (χ4v) is 3.29. The van der Waals surface area contributed by atoms with Crippen molar-refractivity contribution in [2.75, 3.05) is 26.1 Å². The molecule has 0 unspecified atom stereocenters. The van der Waals surface area contributed by atoms with Gasteiger partial charge in [-0.2, -0.15) is 0 Å². The topological polar surface area (TPSA) is 67.9 Å². The molecule has 1 N–H and O–H groups in total. The third-order valence-electron chi connectivity index (χ3n) is 4.46. The summed E-state index contributed by atoms with van der Waals surface area (Å²) in [5.74, 6) is 0.747. The van der Waals surface area contributed by atoms with E-state index in [1.165, 1.54) is 14.2 Å². The van der Waals surface area contributed by atoms with Gasteiger partial charge in [-0.1, -0.05) is 23.7 Å². The predicted octanol–water partition coefficient (Wildman–Crippen LogP) is 3.73. The highest BCUT2D eigenvalue weighted by Gasteiger charge is 2.20. The van der Waals surface area contributed by atoms with E-state index in [1.54, 1.807) is 24.3 Å². The summed E-state index contributed by atoms with van der Waals surface area (Å²) in [6, 6.07) is 10.4. The smallest absolute Gasteiger partial charge is 0.255 e. The van der Waals surface area contributed by atoms with E-state index in [0.717, 1.165) is 18.5 Å². The molecule has 0 aromatic heterocycles. The maximum atomic E-state index is 12.7. The van der Waals surface area contributed by atoms with E-state index in [9.17, 15) is 9.59 Å². The number of nitrogens with one attached hydrogen (secondary N) is 1. The average molecular weight is 389 g/mol. The van der Waals surface area contributed by atoms with Crippen LogP contribution in [0.2, 0.25) is 5.02 Å². The summed E-state index contributed by atoms with van der Waals surface area (Å²) in [5.41, 5.74) is 1.87. The molecule has 0 aliphatic carbocycles. The molecule has 1 aliphatic rings. The first-order valence-electron chi connectivity index (χ1n) is 8.61. The molecule has 6 nitrogen and oxygen atoms in total. The number of carbonyl (C=O) groups excluding carboxylic acids is 2. The van der Waals surface area contributed by atoms with Crippen LogP contribution in [0.5, 0.6) is 11.5 Å². The molecule has 2 amide bonds. The Balaban J connectivity index is 1.78. The first-order valence-corrected chi connectivity index (χ1v) is 8.99. The molecule has 0 saturated carbocycles. The van der Waals surface area contributed by atoms with Crippen LogP contribution in [0.1, 0.15) is 28.8 Å². The standard InChI is InChI=1S/C20H21ClN2O4/c1-26-17-11-16(18(27-2)10-15(17)21)22-20(25)14-6-3-5-13(9-14)12-23-8-4-7-19(23)24/h3,5-6,9-11H,4,7-8,12H2,1-2H3,(H,22,25). The van der Waals surface area contributed by atoms with Crippen LogP contribution < -0.4 is 14.8 Å². The fourth-order valence-electron chi connectivity index (χ4n) is 3.06. The van der Waals surface area contributed by atoms with E-state index in [4.69, 9.17) is 21.1 Å². The Bertz CT molecular complexity index is 869. The molecule has 0 atom stereocenters. The van der Waals surface area contributed by atoms with Gasteiger partial charge in [0.25, 0.3) is 5.91 Å². The van der Waals surface area contributed by atoms with Gasteiger partial charge in [-0.3, -0.25) is 9.59 Å². The molecule has 0 bridgehead atoms. The largest absolute Gasteiger partial charge is 0.495 e. The molecule has 2 aromatic carbocycles. The van der Waals surface area contributed by atoms with E-state index in [2.05, 4.69) is 5.32 Å². The Hall–Kier alpha value is -2.73. The zero-order chi connectivity index (χ0) is 19.4. The lowest BCUT2D eigenvalue weighted by molar-refractivity contribution is -0.128. The normalized spacial score (nSPS) is 13.6. The van der Waals surface area contributed by atoms with Gasteiger partial charge in [0.15, 0.2) is 0 Å². The first-order chi connectivity index (χ1) is 13.0. The number of anilines is 1. The number of amides is 2. The van der Waals surface area contributed by atoms with Crippen LogP contribution in [0, 0.1) is 0 Å². The van der Waals surface area contributed by atoms with Gasteiger partial charge in [-0.25, -0.2) is 0 Å². The lowest BCUT2D eigenvalue weighted by Gasteiger charge is -2.16. The second kappa shape index (κ2) is 8.31. The van der Waals surface area contributed by atoms with E-state index >= 15 is 0 Å². The van der Waals surface area contributed by atoms with Crippen molar-refractivity contribution in [3.05, 3.63) is 52.5 Å². The van der Waals surface area contributed by atoms with Crippen LogP contribution in [0.4, 0.5) is 5.69 Å². The molecule has 142 valence electrons. The molecule has 1 saturated heterocycles. The van der Waals surface area contributed by atoms with Crippen molar-refractivity contribution in [1.29, 1.82) is 0 Å². The van der Waals surface area contributed by atoms with Crippen LogP contribution >= 0.6 is 11.6 Å². The molecular formula is C20H21ClN2O4. The van der Waals surface area contributed by atoms with E-state index in [1.807, 2.05) is 17.0 Å². The Labute approximate surface area is 163 Å². The van der Waals surface area contributed by atoms with E-state index < -0.39 is 0 Å². The van der Waals surface area contributed by atoms with Crippen molar-refractivity contribution < 1.29 is 19.1 Å². The number of nitrogens with zero attached hydrogens (tertiary/aromatic N) is 1. The number of halogens is 1. The highest BCUT2D eigenvalue weighted by atomic mass is 35.5. The SMILES string of the molecule is COc1cc(NC(=O)c2cccc(CN3CCCC3=O)c2)c(OC)cc1Cl. The highest BCUT2D eigenvalue weighted by molar-refractivity contribution is 6.32. The van der Waals surface area contributed by atoms with Gasteiger partial charge in [-0.05, 0) is 24.1 Å². The number of rotatable bonds is 6. The summed E-state index contributed by atoms with van der Waals surface area (Å²) in [7, 11) is 3.00. The number of carbonyl (C=O) groups is 2. The van der Waals surface area contributed by atoms with Crippen molar-refractivity contribution >= 4 is 29.1 Å². The lowest BCUT2D eigenvalue weighted by Crippen LogP contribution is -2.24. The van der Waals surface area contributed by atoms with Gasteiger partial charge in [0.05, 0.1) is 24.9 Å². The zero-order valence-electron chi connectivity index (χ0n) is 15.3. The lowest BCUT2D eigenvalue weighted by atomic mass is 10.1. The van der Waals surface area contributed by atoms with Crippen molar-refractivity contribution in [2.24, 2.45) is 0 Å². The van der Waals surface area contributed by atoms with Crippen LogP contribution in [-0.4, -0.2) is 37.5 Å². The van der Waals surface area contributed by atoms with Crippen molar-refractivity contribution in [3.8, 4) is 11.5 Å². The number of methoxy groups -OCH3 is 2. The summed E-state index contributed by atoms with van der Waals surface area (Å²) >= 11 is 6.10. The second-order valence-electron chi connectivity index (χ2n) is 6.26. The average Bonchev–Trinajstić information content (AvgIpc) is 3.07. The quantitative estimate of drug-likeness (QED) is 0.818. The Morgan fingerprint density at radius 2 is 1.96 bits per heavy atom. The molecule has 2 aromatic rings. The fraction of sp³-hybridized carbons (Fsp3) is 0.300. The second-order valence-corrected chi connectivity index (χ2v) is 6.67. The van der Waals surface area contributed by atoms with Crippen LogP contribution in [0.3, 0.4) is 0 Å². The Morgan fingerprint density at radius 3 is 2.63 bits per heavy atom. The van der Waals surface area contributed by atoms with Gasteiger partial charge in [0, 0.05) is 37.2 Å². The molecular weight excluding hydrogens is 368 g/mol. The van der Waals surface area contributed by atoms with Crippen molar-refractivity contribution in [3.63, 3.8) is 0 Å². The number of ether oxygens (including phenoxy) is 2. The Morgan fingerprint density at radius 1 is 1.19 bits per heavy atom. The van der Waals surface area contributed by atoms with Gasteiger partial charge in [0.1, 0.15) is 11.5 Å². The zero-order valence-corrected chi connectivity index (χ0v) is 16.0. The molecule has 0 spiro atoms. The third-order valence-corrected chi connectivity index (χ3v) is 4.75. The maximum Gasteiger partial charge on any atom is 0.255 e. The molecule has 7 heteroatoms. The highest BCUT2D eigenvalue weighted by Crippen LogP contribution is 2.36. The van der Waals surface area contributed by atoms with Crippen LogP contribution in [0.15, 0.2) is 36.4 Å². The number of likely N-dealkylation sites (tertiary alicyclic amines) is 1. The minimum absolute atomic E-state index is 0.155. The monoisotopic (exact) mass is 388 g/mol. The minimum Gasteiger partial charge on any atom is -0.495 e. The summed E-state index contributed by atoms with van der Waals surface area (Å²) in [6.45, 7) is 1.27. The molecule has 3 rings (SSSR count). The van der Waals surface area contributed by atoms with E-state index in [-0.39, 0.29) is 11.8 Å². The van der Waals surface area contributed by atoms with Crippen LogP contribution in [0.25, 0.3) is 0 Å². The number of hydrogen-bond acceptors (Lipinski definition) is 4. The summed E-state index contributed by atoms with van der Waals surface area (Å²) < 4.78 is 10.5. The third kappa shape index (κ3) is 4.34. The van der Waals surface area contributed by atoms with Crippen LogP contribution in [-0.2, 0) is 11.3 Å². The van der Waals surface area contributed by atoms with Gasteiger partial charge >= 0.3 is 0 Å².